The molecule has 0 aliphatic carbocycles. The van der Waals surface area contributed by atoms with Gasteiger partial charge in [0.25, 0.3) is 0 Å². The Labute approximate surface area is 189 Å². The van der Waals surface area contributed by atoms with Gasteiger partial charge in [-0.1, -0.05) is 60.7 Å². The fraction of sp³-hybridized carbons (Fsp3) is 0.182. The summed E-state index contributed by atoms with van der Waals surface area (Å²) in [5.74, 6) is 1.90. The Morgan fingerprint density at radius 1 is 0.759 bits per heavy atom. The highest BCUT2D eigenvalue weighted by Crippen LogP contribution is 2.16. The Bertz CT molecular complexity index is 913. The molecule has 0 radical (unpaired) electrons. The molecule has 0 bridgehead atoms. The van der Waals surface area contributed by atoms with Crippen LogP contribution in [0.2, 0.25) is 0 Å². The van der Waals surface area contributed by atoms with E-state index in [0.717, 1.165) is 32.2 Å². The summed E-state index contributed by atoms with van der Waals surface area (Å²) in [6.07, 6.45) is 1.68. The van der Waals surface area contributed by atoms with Crippen LogP contribution in [0.15, 0.2) is 88.7 Å². The highest BCUT2D eigenvalue weighted by molar-refractivity contribution is 7.84. The fourth-order valence-electron chi connectivity index (χ4n) is 2.40. The molecular weight excluding hydrogens is 441 g/mol. The molecule has 156 valence electrons. The van der Waals surface area contributed by atoms with E-state index in [0.29, 0.717) is 11.5 Å². The Morgan fingerprint density at radius 3 is 1.90 bits per heavy atom. The predicted molar refractivity (Wildman–Crippen MR) is 131 cm³/mol. The third-order valence-corrected chi connectivity index (χ3v) is 6.94. The topological polar surface area (TPSA) is 65.6 Å². The number of hydrogen-bond donors (Lipinski definition) is 2. The van der Waals surface area contributed by atoms with Gasteiger partial charge < -0.3 is 5.48 Å². The summed E-state index contributed by atoms with van der Waals surface area (Å²) in [5, 5.41) is 0. The first-order chi connectivity index (χ1) is 13.5. The van der Waals surface area contributed by atoms with E-state index in [1.165, 1.54) is 0 Å². The van der Waals surface area contributed by atoms with Crippen LogP contribution in [0.5, 0.6) is 0 Å². The van der Waals surface area contributed by atoms with Crippen molar-refractivity contribution in [2.75, 3.05) is 6.26 Å². The van der Waals surface area contributed by atoms with Gasteiger partial charge in [0.2, 0.25) is 0 Å². The van der Waals surface area contributed by atoms with Gasteiger partial charge in [-0.25, -0.2) is 0 Å². The molecule has 0 aromatic heterocycles. The minimum atomic E-state index is -0.881. The lowest BCUT2D eigenvalue weighted by atomic mass is 10.2. The third-order valence-electron chi connectivity index (χ3n) is 3.92. The van der Waals surface area contributed by atoms with Crippen LogP contribution in [0.3, 0.4) is 0 Å². The van der Waals surface area contributed by atoms with Crippen molar-refractivity contribution in [3.8, 4) is 0 Å². The third kappa shape index (κ3) is 9.31. The number of benzene rings is 3. The first-order valence-electron chi connectivity index (χ1n) is 8.68. The van der Waals surface area contributed by atoms with Gasteiger partial charge in [0.1, 0.15) is 0 Å². The maximum atomic E-state index is 12.0. The maximum Gasteiger partial charge on any atom is 0.0500 e. The zero-order chi connectivity index (χ0) is 20.4. The lowest BCUT2D eigenvalue weighted by molar-refractivity contribution is 0.681. The SMILES string of the molecule is CS(=O)c1ccc(CS)cc1.O.O=S(Cc1ccccc1)Cc1ccccc1S. The van der Waals surface area contributed by atoms with Crippen molar-refractivity contribution >= 4 is 46.9 Å². The van der Waals surface area contributed by atoms with Crippen LogP contribution in [0.1, 0.15) is 16.7 Å². The van der Waals surface area contributed by atoms with Crippen molar-refractivity contribution in [3.05, 3.63) is 95.6 Å². The van der Waals surface area contributed by atoms with Gasteiger partial charge in [0, 0.05) is 54.9 Å². The molecule has 0 amide bonds. The molecule has 3 aromatic carbocycles. The average Bonchev–Trinajstić information content (AvgIpc) is 2.71. The molecule has 29 heavy (non-hydrogen) atoms. The molecule has 0 heterocycles. The number of hydrogen-bond acceptors (Lipinski definition) is 4. The van der Waals surface area contributed by atoms with E-state index >= 15 is 0 Å². The number of rotatable bonds is 6. The first-order valence-corrected chi connectivity index (χ1v) is 12.8. The molecule has 2 unspecified atom stereocenters. The van der Waals surface area contributed by atoms with Crippen molar-refractivity contribution in [2.24, 2.45) is 0 Å². The number of thiol groups is 2. The minimum absolute atomic E-state index is 0. The molecule has 7 heteroatoms. The van der Waals surface area contributed by atoms with Crippen LogP contribution < -0.4 is 0 Å². The van der Waals surface area contributed by atoms with Crippen LogP contribution in [0.4, 0.5) is 0 Å². The van der Waals surface area contributed by atoms with Gasteiger partial charge in [0.15, 0.2) is 0 Å². The van der Waals surface area contributed by atoms with E-state index in [-0.39, 0.29) is 5.48 Å². The molecular formula is C22H26O3S4. The smallest absolute Gasteiger partial charge is 0.0500 e. The standard InChI is InChI=1S/C14H14OS2.C8H10OS2.H2O/c15-17(10-12-6-2-1-3-7-12)11-13-8-4-5-9-14(13)16;1-11(9)8-4-2-7(6-10)3-5-8;/h1-9,16H,10-11H2;2-5,10H,6H2,1H3;1H2. The molecule has 2 atom stereocenters. The minimum Gasteiger partial charge on any atom is -0.412 e. The van der Waals surface area contributed by atoms with E-state index in [2.05, 4.69) is 25.3 Å². The van der Waals surface area contributed by atoms with Crippen molar-refractivity contribution in [3.63, 3.8) is 0 Å². The fourth-order valence-corrected chi connectivity index (χ4v) is 4.75. The van der Waals surface area contributed by atoms with Crippen LogP contribution in [-0.4, -0.2) is 20.1 Å². The van der Waals surface area contributed by atoms with E-state index in [4.69, 9.17) is 0 Å². The summed E-state index contributed by atoms with van der Waals surface area (Å²) < 4.78 is 22.9. The largest absolute Gasteiger partial charge is 0.412 e. The summed E-state index contributed by atoms with van der Waals surface area (Å²) in [6, 6.07) is 25.4. The van der Waals surface area contributed by atoms with Gasteiger partial charge >= 0.3 is 0 Å². The molecule has 0 saturated heterocycles. The quantitative estimate of drug-likeness (QED) is 0.527. The zero-order valence-corrected chi connectivity index (χ0v) is 19.6. The zero-order valence-electron chi connectivity index (χ0n) is 16.2. The molecule has 0 spiro atoms. The summed E-state index contributed by atoms with van der Waals surface area (Å²) in [6.45, 7) is 0. The van der Waals surface area contributed by atoms with Gasteiger partial charge in [-0.2, -0.15) is 12.6 Å². The van der Waals surface area contributed by atoms with Crippen molar-refractivity contribution < 1.29 is 13.9 Å². The van der Waals surface area contributed by atoms with E-state index in [1.807, 2.05) is 78.9 Å². The molecule has 0 aliphatic heterocycles. The van der Waals surface area contributed by atoms with E-state index in [9.17, 15) is 8.42 Å². The second-order valence-electron chi connectivity index (χ2n) is 6.10. The van der Waals surface area contributed by atoms with Crippen molar-refractivity contribution in [1.29, 1.82) is 0 Å². The Morgan fingerprint density at radius 2 is 1.34 bits per heavy atom. The summed E-state index contributed by atoms with van der Waals surface area (Å²) in [7, 11) is -1.75. The first kappa shape index (κ1) is 25.7. The lowest BCUT2D eigenvalue weighted by Gasteiger charge is -2.05. The average molecular weight is 467 g/mol. The molecule has 0 aliphatic rings. The Kier molecular flexibility index (Phi) is 12.2. The highest BCUT2D eigenvalue weighted by atomic mass is 32.2. The lowest BCUT2D eigenvalue weighted by Crippen LogP contribution is -2.00. The summed E-state index contributed by atoms with van der Waals surface area (Å²) in [4.78, 5) is 1.78. The van der Waals surface area contributed by atoms with Gasteiger partial charge in [-0.05, 0) is 34.9 Å². The van der Waals surface area contributed by atoms with Crippen LogP contribution >= 0.6 is 25.3 Å². The van der Waals surface area contributed by atoms with Crippen molar-refractivity contribution in [2.45, 2.75) is 27.0 Å². The molecule has 3 nitrogen and oxygen atoms in total. The second kappa shape index (κ2) is 13.8. The summed E-state index contributed by atoms with van der Waals surface area (Å²) in [5.41, 5.74) is 3.31. The van der Waals surface area contributed by atoms with Crippen LogP contribution in [-0.2, 0) is 38.9 Å². The van der Waals surface area contributed by atoms with Gasteiger partial charge in [-0.3, -0.25) is 8.42 Å². The van der Waals surface area contributed by atoms with E-state index in [1.54, 1.807) is 6.26 Å². The van der Waals surface area contributed by atoms with Gasteiger partial charge in [0.05, 0.1) is 0 Å². The maximum absolute atomic E-state index is 12.0. The normalized spacial score (nSPS) is 12.1. The molecule has 0 fully saturated rings. The second-order valence-corrected chi connectivity index (χ2v) is 9.73. The Balaban J connectivity index is 0.000000306. The molecule has 3 rings (SSSR count). The van der Waals surface area contributed by atoms with Gasteiger partial charge in [-0.15, -0.1) is 12.6 Å². The van der Waals surface area contributed by atoms with Crippen LogP contribution in [0, 0.1) is 0 Å². The molecule has 2 N–H and O–H groups in total. The van der Waals surface area contributed by atoms with E-state index < -0.39 is 21.6 Å². The predicted octanol–water partition coefficient (Wildman–Crippen LogP) is 4.45. The van der Waals surface area contributed by atoms with Crippen LogP contribution in [0.25, 0.3) is 0 Å². The monoisotopic (exact) mass is 466 g/mol. The van der Waals surface area contributed by atoms with Crippen molar-refractivity contribution in [1.82, 2.24) is 0 Å². The Hall–Kier alpha value is -1.38. The summed E-state index contributed by atoms with van der Waals surface area (Å²) >= 11 is 8.48. The molecule has 3 aromatic rings. The highest BCUT2D eigenvalue weighted by Gasteiger charge is 2.05. The molecule has 0 saturated carbocycles.